The molecule has 0 heterocycles. The Labute approximate surface area is 63.9 Å². The monoisotopic (exact) mass is 165 g/mol. The largest absolute Gasteiger partial charge is 0.480 e. The number of carbonyl (C=O) groups is 1. The zero-order valence-electron chi connectivity index (χ0n) is 4.79. The second-order valence-corrected chi connectivity index (χ2v) is 2.67. The van der Waals surface area contributed by atoms with Crippen LogP contribution in [-0.2, 0) is 4.79 Å². The number of carboxylic acid groups (broad SMARTS) is 1. The van der Waals surface area contributed by atoms with Gasteiger partial charge in [0, 0.05) is 0 Å². The highest BCUT2D eigenvalue weighted by molar-refractivity contribution is 8.11. The molecule has 0 aliphatic carbocycles. The predicted octanol–water partition coefficient (Wildman–Crippen LogP) is 0.264. The number of nitrogens with one attached hydrogen (secondary N) is 1. The standard InChI is InChI=1S/C4H7NO2S2/c1-2(3(6)7)5-4(8)9/h2H,1H3,(H,6,7)(H2,5,8,9)/t2-/m1/s1. The van der Waals surface area contributed by atoms with E-state index in [1.54, 1.807) is 0 Å². The van der Waals surface area contributed by atoms with Crippen molar-refractivity contribution in [3.63, 3.8) is 0 Å². The van der Waals surface area contributed by atoms with Gasteiger partial charge in [0.15, 0.2) is 0 Å². The number of hydrogen-bond acceptors (Lipinski definition) is 2. The molecule has 52 valence electrons. The van der Waals surface area contributed by atoms with Crippen molar-refractivity contribution >= 4 is 35.1 Å². The highest BCUT2D eigenvalue weighted by Gasteiger charge is 2.08. The molecule has 0 amide bonds. The maximum absolute atomic E-state index is 10.1. The quantitative estimate of drug-likeness (QED) is 0.406. The van der Waals surface area contributed by atoms with Crippen LogP contribution in [0.1, 0.15) is 6.92 Å². The average Bonchev–Trinajstić information content (AvgIpc) is 1.63. The highest BCUT2D eigenvalue weighted by atomic mass is 32.1. The summed E-state index contributed by atoms with van der Waals surface area (Å²) in [5.74, 6) is -0.939. The van der Waals surface area contributed by atoms with Crippen LogP contribution in [0.4, 0.5) is 0 Å². The van der Waals surface area contributed by atoms with Crippen LogP contribution in [-0.4, -0.2) is 21.4 Å². The smallest absolute Gasteiger partial charge is 0.325 e. The van der Waals surface area contributed by atoms with Gasteiger partial charge in [0.25, 0.3) is 0 Å². The Hall–Kier alpha value is -0.290. The molecule has 0 fully saturated rings. The molecule has 0 radical (unpaired) electrons. The molecule has 5 heteroatoms. The van der Waals surface area contributed by atoms with Crippen molar-refractivity contribution in [2.24, 2.45) is 0 Å². The summed E-state index contributed by atoms with van der Waals surface area (Å²) in [6, 6.07) is -0.657. The molecule has 0 aromatic heterocycles. The lowest BCUT2D eigenvalue weighted by atomic mass is 10.4. The van der Waals surface area contributed by atoms with Gasteiger partial charge in [-0.3, -0.25) is 4.79 Å². The van der Waals surface area contributed by atoms with Crippen LogP contribution >= 0.6 is 24.8 Å². The van der Waals surface area contributed by atoms with Gasteiger partial charge in [-0.2, -0.15) is 0 Å². The lowest BCUT2D eigenvalue weighted by Gasteiger charge is -2.06. The summed E-state index contributed by atoms with van der Waals surface area (Å²) in [5.41, 5.74) is 0. The third-order valence-electron chi connectivity index (χ3n) is 0.710. The van der Waals surface area contributed by atoms with Crippen LogP contribution in [0.15, 0.2) is 0 Å². The lowest BCUT2D eigenvalue weighted by molar-refractivity contribution is -0.138. The third kappa shape index (κ3) is 4.23. The normalized spacial score (nSPS) is 12.2. The van der Waals surface area contributed by atoms with E-state index in [1.165, 1.54) is 6.92 Å². The van der Waals surface area contributed by atoms with E-state index in [-0.39, 0.29) is 4.32 Å². The molecular formula is C4H7NO2S2. The van der Waals surface area contributed by atoms with Crippen molar-refractivity contribution in [1.82, 2.24) is 5.32 Å². The Morgan fingerprint density at radius 3 is 2.44 bits per heavy atom. The molecule has 2 N–H and O–H groups in total. The second-order valence-electron chi connectivity index (χ2n) is 1.51. The molecule has 0 unspecified atom stereocenters. The first kappa shape index (κ1) is 8.71. The zero-order valence-corrected chi connectivity index (χ0v) is 6.50. The van der Waals surface area contributed by atoms with Crippen molar-refractivity contribution in [3.8, 4) is 0 Å². The molecule has 0 saturated heterocycles. The molecule has 0 rings (SSSR count). The molecule has 0 saturated carbocycles. The van der Waals surface area contributed by atoms with Crippen LogP contribution in [0.2, 0.25) is 0 Å². The van der Waals surface area contributed by atoms with Gasteiger partial charge < -0.3 is 10.4 Å². The lowest BCUT2D eigenvalue weighted by Crippen LogP contribution is -2.35. The third-order valence-corrected chi connectivity index (χ3v) is 0.957. The number of carboxylic acids is 1. The van der Waals surface area contributed by atoms with Crippen LogP contribution in [0.3, 0.4) is 0 Å². The number of thiocarbonyl (C=S) groups is 1. The van der Waals surface area contributed by atoms with E-state index in [2.05, 4.69) is 30.2 Å². The Balaban J connectivity index is 3.63. The maximum atomic E-state index is 10.1. The Morgan fingerprint density at radius 2 is 2.33 bits per heavy atom. The maximum Gasteiger partial charge on any atom is 0.325 e. The summed E-state index contributed by atoms with van der Waals surface area (Å²) in [7, 11) is 0. The molecule has 0 aliphatic heterocycles. The van der Waals surface area contributed by atoms with E-state index in [1.807, 2.05) is 0 Å². The fourth-order valence-corrected chi connectivity index (χ4v) is 0.617. The summed E-state index contributed by atoms with van der Waals surface area (Å²) in [4.78, 5) is 10.1. The van der Waals surface area contributed by atoms with Crippen molar-refractivity contribution < 1.29 is 9.90 Å². The average molecular weight is 165 g/mol. The van der Waals surface area contributed by atoms with Crippen LogP contribution in [0, 0.1) is 0 Å². The molecule has 0 bridgehead atoms. The minimum absolute atomic E-state index is 0.199. The van der Waals surface area contributed by atoms with Crippen LogP contribution < -0.4 is 5.32 Å². The Kier molecular flexibility index (Phi) is 3.56. The summed E-state index contributed by atoms with van der Waals surface area (Å²) >= 11 is 8.17. The SMILES string of the molecule is C[C@@H](NC(=S)S)C(=O)O. The van der Waals surface area contributed by atoms with Crippen molar-refractivity contribution in [3.05, 3.63) is 0 Å². The molecule has 0 aromatic carbocycles. The Bertz CT molecular complexity index is 137. The van der Waals surface area contributed by atoms with Gasteiger partial charge >= 0.3 is 5.97 Å². The topological polar surface area (TPSA) is 49.3 Å². The van der Waals surface area contributed by atoms with Crippen LogP contribution in [0.25, 0.3) is 0 Å². The van der Waals surface area contributed by atoms with Crippen molar-refractivity contribution in [2.45, 2.75) is 13.0 Å². The van der Waals surface area contributed by atoms with E-state index < -0.39 is 12.0 Å². The van der Waals surface area contributed by atoms with Gasteiger partial charge in [-0.1, -0.05) is 12.2 Å². The fraction of sp³-hybridized carbons (Fsp3) is 0.500. The highest BCUT2D eigenvalue weighted by Crippen LogP contribution is 1.84. The summed E-state index contributed by atoms with van der Waals surface area (Å²) in [5, 5.41) is 10.7. The van der Waals surface area contributed by atoms with E-state index in [9.17, 15) is 4.79 Å². The zero-order chi connectivity index (χ0) is 7.44. The molecule has 0 spiro atoms. The minimum atomic E-state index is -0.939. The first-order chi connectivity index (χ1) is 4.04. The van der Waals surface area contributed by atoms with Gasteiger partial charge in [-0.25, -0.2) is 0 Å². The second kappa shape index (κ2) is 3.68. The van der Waals surface area contributed by atoms with Gasteiger partial charge in [0.1, 0.15) is 10.4 Å². The summed E-state index contributed by atoms with van der Waals surface area (Å²) in [6.07, 6.45) is 0. The molecule has 3 nitrogen and oxygen atoms in total. The number of hydrogen-bond donors (Lipinski definition) is 3. The van der Waals surface area contributed by atoms with Gasteiger partial charge in [-0.05, 0) is 6.92 Å². The van der Waals surface area contributed by atoms with E-state index >= 15 is 0 Å². The Morgan fingerprint density at radius 1 is 1.89 bits per heavy atom. The predicted molar refractivity (Wildman–Crippen MR) is 41.8 cm³/mol. The minimum Gasteiger partial charge on any atom is -0.480 e. The van der Waals surface area contributed by atoms with E-state index in [0.29, 0.717) is 0 Å². The van der Waals surface area contributed by atoms with Crippen molar-refractivity contribution in [1.29, 1.82) is 0 Å². The molecule has 0 aromatic rings. The van der Waals surface area contributed by atoms with E-state index in [0.717, 1.165) is 0 Å². The van der Waals surface area contributed by atoms with E-state index in [4.69, 9.17) is 5.11 Å². The number of aliphatic carboxylic acids is 1. The number of thiol groups is 1. The summed E-state index contributed by atoms with van der Waals surface area (Å²) in [6.45, 7) is 1.49. The number of rotatable bonds is 2. The van der Waals surface area contributed by atoms with Gasteiger partial charge in [-0.15, -0.1) is 12.6 Å². The van der Waals surface area contributed by atoms with Crippen LogP contribution in [0.5, 0.6) is 0 Å². The molecule has 1 atom stereocenters. The first-order valence-corrected chi connectivity index (χ1v) is 3.12. The molecule has 9 heavy (non-hydrogen) atoms. The molecular weight excluding hydrogens is 158 g/mol. The fourth-order valence-electron chi connectivity index (χ4n) is 0.247. The van der Waals surface area contributed by atoms with Crippen molar-refractivity contribution in [2.75, 3.05) is 0 Å². The molecule has 0 aliphatic rings. The summed E-state index contributed by atoms with van der Waals surface area (Å²) < 4.78 is 0.199. The van der Waals surface area contributed by atoms with Gasteiger partial charge in [0.2, 0.25) is 0 Å². The van der Waals surface area contributed by atoms with Gasteiger partial charge in [0.05, 0.1) is 0 Å². The first-order valence-electron chi connectivity index (χ1n) is 2.26.